The zero-order valence-corrected chi connectivity index (χ0v) is 14.7. The molecule has 3 heterocycles. The van der Waals surface area contributed by atoms with Crippen molar-refractivity contribution < 1.29 is 14.3 Å². The molecular weight excluding hydrogens is 326 g/mol. The van der Waals surface area contributed by atoms with Crippen LogP contribution in [0.15, 0.2) is 17.5 Å². The lowest BCUT2D eigenvalue weighted by molar-refractivity contribution is -0.126. The molecule has 0 aromatic carbocycles. The van der Waals surface area contributed by atoms with Gasteiger partial charge in [0.25, 0.3) is 5.91 Å². The monoisotopic (exact) mass is 351 g/mol. The van der Waals surface area contributed by atoms with Crippen molar-refractivity contribution in [3.63, 3.8) is 0 Å². The van der Waals surface area contributed by atoms with E-state index in [4.69, 9.17) is 4.74 Å². The van der Waals surface area contributed by atoms with Gasteiger partial charge in [0.05, 0.1) is 24.0 Å². The number of ether oxygens (including phenoxy) is 1. The van der Waals surface area contributed by atoms with E-state index in [2.05, 4.69) is 10.2 Å². The molecule has 0 bridgehead atoms. The van der Waals surface area contributed by atoms with Crippen molar-refractivity contribution in [2.24, 2.45) is 5.92 Å². The first-order valence-corrected chi connectivity index (χ1v) is 9.52. The predicted octanol–water partition coefficient (Wildman–Crippen LogP) is 1.05. The molecule has 0 saturated carbocycles. The fourth-order valence-electron chi connectivity index (χ4n) is 3.24. The van der Waals surface area contributed by atoms with Gasteiger partial charge in [0, 0.05) is 39.3 Å². The van der Waals surface area contributed by atoms with Gasteiger partial charge in [-0.3, -0.25) is 14.5 Å². The van der Waals surface area contributed by atoms with Crippen LogP contribution in [-0.4, -0.2) is 74.1 Å². The number of hydrogen-bond acceptors (Lipinski definition) is 5. The number of hydrogen-bond donors (Lipinski definition) is 1. The van der Waals surface area contributed by atoms with Crippen LogP contribution in [0.5, 0.6) is 0 Å². The molecule has 3 rings (SSSR count). The quantitative estimate of drug-likeness (QED) is 0.861. The molecule has 2 aliphatic rings. The van der Waals surface area contributed by atoms with Gasteiger partial charge in [0.15, 0.2) is 0 Å². The summed E-state index contributed by atoms with van der Waals surface area (Å²) >= 11 is 1.46. The molecule has 2 saturated heterocycles. The first-order chi connectivity index (χ1) is 11.7. The number of likely N-dealkylation sites (tertiary alicyclic amines) is 1. The molecule has 1 atom stereocenters. The maximum atomic E-state index is 12.4. The normalized spacial score (nSPS) is 22.3. The Balaban J connectivity index is 1.43. The Bertz CT molecular complexity index is 543. The topological polar surface area (TPSA) is 61.9 Å². The first kappa shape index (κ1) is 17.4. The van der Waals surface area contributed by atoms with Gasteiger partial charge < -0.3 is 15.0 Å². The largest absolute Gasteiger partial charge is 0.379 e. The average Bonchev–Trinajstić information content (AvgIpc) is 3.16. The number of thiophene rings is 1. The van der Waals surface area contributed by atoms with E-state index in [1.807, 2.05) is 22.4 Å². The Morgan fingerprint density at radius 3 is 2.88 bits per heavy atom. The third-order valence-corrected chi connectivity index (χ3v) is 5.50. The van der Waals surface area contributed by atoms with Crippen molar-refractivity contribution in [2.75, 3.05) is 52.5 Å². The number of rotatable bonds is 5. The maximum absolute atomic E-state index is 12.4. The van der Waals surface area contributed by atoms with Crippen molar-refractivity contribution in [2.45, 2.75) is 12.8 Å². The zero-order chi connectivity index (χ0) is 16.8. The van der Waals surface area contributed by atoms with Gasteiger partial charge in [-0.15, -0.1) is 11.3 Å². The second kappa shape index (κ2) is 8.60. The second-order valence-electron chi connectivity index (χ2n) is 6.31. The highest BCUT2D eigenvalue weighted by molar-refractivity contribution is 7.12. The predicted molar refractivity (Wildman–Crippen MR) is 93.2 cm³/mol. The minimum absolute atomic E-state index is 0.0517. The summed E-state index contributed by atoms with van der Waals surface area (Å²) in [6.07, 6.45) is 1.75. The maximum Gasteiger partial charge on any atom is 0.263 e. The van der Waals surface area contributed by atoms with Gasteiger partial charge in [-0.05, 0) is 24.3 Å². The van der Waals surface area contributed by atoms with E-state index in [-0.39, 0.29) is 17.7 Å². The molecule has 24 heavy (non-hydrogen) atoms. The van der Waals surface area contributed by atoms with Crippen LogP contribution in [0, 0.1) is 5.92 Å². The summed E-state index contributed by atoms with van der Waals surface area (Å²) in [5.41, 5.74) is 0. The van der Waals surface area contributed by atoms with E-state index in [1.165, 1.54) is 11.3 Å². The molecule has 1 N–H and O–H groups in total. The van der Waals surface area contributed by atoms with Crippen LogP contribution in [-0.2, 0) is 9.53 Å². The fourth-order valence-corrected chi connectivity index (χ4v) is 3.93. The van der Waals surface area contributed by atoms with Crippen molar-refractivity contribution in [1.82, 2.24) is 15.1 Å². The summed E-state index contributed by atoms with van der Waals surface area (Å²) in [4.78, 5) is 29.7. The van der Waals surface area contributed by atoms with E-state index < -0.39 is 0 Å². The van der Waals surface area contributed by atoms with Crippen molar-refractivity contribution in [3.05, 3.63) is 22.4 Å². The van der Waals surface area contributed by atoms with Crippen LogP contribution < -0.4 is 5.32 Å². The highest BCUT2D eigenvalue weighted by Crippen LogP contribution is 2.20. The van der Waals surface area contributed by atoms with Crippen LogP contribution in [0.4, 0.5) is 0 Å². The van der Waals surface area contributed by atoms with Crippen LogP contribution in [0.3, 0.4) is 0 Å². The number of carbonyl (C=O) groups excluding carboxylic acids is 2. The van der Waals surface area contributed by atoms with Gasteiger partial charge >= 0.3 is 0 Å². The molecular formula is C17H25N3O3S. The summed E-state index contributed by atoms with van der Waals surface area (Å²) < 4.78 is 5.32. The third-order valence-electron chi connectivity index (χ3n) is 4.64. The Labute approximate surface area is 146 Å². The van der Waals surface area contributed by atoms with Crippen molar-refractivity contribution in [1.29, 1.82) is 0 Å². The fraction of sp³-hybridized carbons (Fsp3) is 0.647. The highest BCUT2D eigenvalue weighted by atomic mass is 32.1. The molecule has 2 fully saturated rings. The van der Waals surface area contributed by atoms with Gasteiger partial charge in [0.2, 0.25) is 5.91 Å². The number of nitrogens with zero attached hydrogens (tertiary/aromatic N) is 2. The number of carbonyl (C=O) groups is 2. The van der Waals surface area contributed by atoms with E-state index >= 15 is 0 Å². The van der Waals surface area contributed by atoms with E-state index in [1.54, 1.807) is 0 Å². The van der Waals surface area contributed by atoms with Crippen LogP contribution in [0.1, 0.15) is 22.5 Å². The highest BCUT2D eigenvalue weighted by Gasteiger charge is 2.29. The first-order valence-electron chi connectivity index (χ1n) is 8.64. The molecule has 1 unspecified atom stereocenters. The molecule has 2 amide bonds. The Morgan fingerprint density at radius 1 is 1.29 bits per heavy atom. The molecule has 7 heteroatoms. The molecule has 1 aromatic rings. The number of piperidine rings is 1. The van der Waals surface area contributed by atoms with E-state index in [0.717, 1.165) is 57.1 Å². The van der Waals surface area contributed by atoms with Gasteiger partial charge in [-0.1, -0.05) is 6.07 Å². The van der Waals surface area contributed by atoms with Crippen molar-refractivity contribution in [3.8, 4) is 0 Å². The Morgan fingerprint density at radius 2 is 2.12 bits per heavy atom. The summed E-state index contributed by atoms with van der Waals surface area (Å²) in [6.45, 7) is 6.21. The van der Waals surface area contributed by atoms with Gasteiger partial charge in [-0.2, -0.15) is 0 Å². The molecule has 0 radical (unpaired) electrons. The van der Waals surface area contributed by atoms with E-state index in [0.29, 0.717) is 13.1 Å². The van der Waals surface area contributed by atoms with Gasteiger partial charge in [0.1, 0.15) is 0 Å². The SMILES string of the molecule is O=C(NCCN1CCOCC1)C1CCCN(C(=O)c2cccs2)C1. The molecule has 1 aromatic heterocycles. The minimum Gasteiger partial charge on any atom is -0.379 e. The second-order valence-corrected chi connectivity index (χ2v) is 7.26. The van der Waals surface area contributed by atoms with Crippen LogP contribution in [0.2, 0.25) is 0 Å². The summed E-state index contributed by atoms with van der Waals surface area (Å²) in [6, 6.07) is 3.73. The zero-order valence-electron chi connectivity index (χ0n) is 13.9. The average molecular weight is 351 g/mol. The standard InChI is InChI=1S/C17H25N3O3S/c21-16(18-5-7-19-8-10-23-11-9-19)14-3-1-6-20(13-14)17(22)15-4-2-12-24-15/h2,4,12,14H,1,3,5-11,13H2,(H,18,21). The van der Waals surface area contributed by atoms with E-state index in [9.17, 15) is 9.59 Å². The van der Waals surface area contributed by atoms with Crippen LogP contribution >= 0.6 is 11.3 Å². The summed E-state index contributed by atoms with van der Waals surface area (Å²) in [7, 11) is 0. The molecule has 132 valence electrons. The smallest absolute Gasteiger partial charge is 0.263 e. The number of amides is 2. The summed E-state index contributed by atoms with van der Waals surface area (Å²) in [5.74, 6) is 0.0371. The number of morpholine rings is 1. The molecule has 0 aliphatic carbocycles. The molecule has 0 spiro atoms. The molecule has 6 nitrogen and oxygen atoms in total. The lowest BCUT2D eigenvalue weighted by Gasteiger charge is -2.32. The number of nitrogens with one attached hydrogen (secondary N) is 1. The summed E-state index contributed by atoms with van der Waals surface area (Å²) in [5, 5.41) is 4.95. The Hall–Kier alpha value is -1.44. The van der Waals surface area contributed by atoms with Crippen LogP contribution in [0.25, 0.3) is 0 Å². The lowest BCUT2D eigenvalue weighted by Crippen LogP contribution is -2.47. The van der Waals surface area contributed by atoms with Gasteiger partial charge in [-0.25, -0.2) is 0 Å². The third kappa shape index (κ3) is 4.55. The minimum atomic E-state index is -0.0904. The van der Waals surface area contributed by atoms with Crippen molar-refractivity contribution >= 4 is 23.2 Å². The Kier molecular flexibility index (Phi) is 6.23. The lowest BCUT2D eigenvalue weighted by atomic mass is 9.97. The molecule has 2 aliphatic heterocycles.